The van der Waals surface area contributed by atoms with Crippen LogP contribution in [0.4, 0.5) is 5.69 Å². The molecule has 0 bridgehead atoms. The number of nitrogens with one attached hydrogen (secondary N) is 1. The highest BCUT2D eigenvalue weighted by molar-refractivity contribution is 6.05. The summed E-state index contributed by atoms with van der Waals surface area (Å²) in [5.74, 6) is -2.20. The zero-order chi connectivity index (χ0) is 24.3. The lowest BCUT2D eigenvalue weighted by molar-refractivity contribution is -0.139. The van der Waals surface area contributed by atoms with E-state index in [1.54, 1.807) is 24.3 Å². The second-order valence-electron chi connectivity index (χ2n) is 7.47. The number of carboxylic acid groups (broad SMARTS) is 2. The highest BCUT2D eigenvalue weighted by Gasteiger charge is 2.14. The molecule has 0 aromatic heterocycles. The molecule has 0 radical (unpaired) electrons. The van der Waals surface area contributed by atoms with Crippen LogP contribution in [0.15, 0.2) is 72.8 Å². The molecule has 3 N–H and O–H groups in total. The molecule has 0 saturated heterocycles. The molecule has 3 rings (SSSR count). The number of ether oxygens (including phenoxy) is 2. The number of carbonyl (C=O) groups excluding carboxylic acids is 1. The van der Waals surface area contributed by atoms with Crippen molar-refractivity contribution in [3.63, 3.8) is 0 Å². The molecule has 8 heteroatoms. The van der Waals surface area contributed by atoms with Crippen molar-refractivity contribution in [2.75, 3.05) is 18.5 Å². The second kappa shape index (κ2) is 12.1. The van der Waals surface area contributed by atoms with Crippen molar-refractivity contribution in [2.45, 2.75) is 19.3 Å². The highest BCUT2D eigenvalue weighted by Crippen LogP contribution is 2.27. The van der Waals surface area contributed by atoms with Crippen LogP contribution < -0.4 is 14.8 Å². The first kappa shape index (κ1) is 24.3. The summed E-state index contributed by atoms with van der Waals surface area (Å²) in [7, 11) is 0. The summed E-state index contributed by atoms with van der Waals surface area (Å²) in [5, 5.41) is 20.6. The number of aromatic carboxylic acids is 1. The van der Waals surface area contributed by atoms with Gasteiger partial charge in [0.15, 0.2) is 6.61 Å². The Morgan fingerprint density at radius 3 is 2.18 bits per heavy atom. The summed E-state index contributed by atoms with van der Waals surface area (Å²) in [4.78, 5) is 34.7. The van der Waals surface area contributed by atoms with Crippen molar-refractivity contribution in [3.05, 3.63) is 89.5 Å². The van der Waals surface area contributed by atoms with E-state index in [1.165, 1.54) is 23.8 Å². The fourth-order valence-corrected chi connectivity index (χ4v) is 3.19. The third kappa shape index (κ3) is 7.37. The highest BCUT2D eigenvalue weighted by atomic mass is 16.5. The summed E-state index contributed by atoms with van der Waals surface area (Å²) in [6.45, 7) is -0.0721. The van der Waals surface area contributed by atoms with E-state index in [9.17, 15) is 19.5 Å². The molecule has 0 spiro atoms. The van der Waals surface area contributed by atoms with E-state index in [0.717, 1.165) is 19.3 Å². The van der Waals surface area contributed by atoms with E-state index >= 15 is 0 Å². The predicted octanol–water partition coefficient (Wildman–Crippen LogP) is 4.50. The largest absolute Gasteiger partial charge is 0.494 e. The third-order valence-corrected chi connectivity index (χ3v) is 4.91. The van der Waals surface area contributed by atoms with E-state index < -0.39 is 24.5 Å². The molecule has 0 aliphatic heterocycles. The van der Waals surface area contributed by atoms with Gasteiger partial charge in [-0.3, -0.25) is 4.79 Å². The molecule has 0 unspecified atom stereocenters. The molecular formula is C26H25NO7. The quantitative estimate of drug-likeness (QED) is 0.338. The number of carboxylic acids is 2. The van der Waals surface area contributed by atoms with Gasteiger partial charge in [-0.25, -0.2) is 9.59 Å². The Bertz CT molecular complexity index is 1130. The predicted molar refractivity (Wildman–Crippen MR) is 126 cm³/mol. The number of rotatable bonds is 12. The van der Waals surface area contributed by atoms with Gasteiger partial charge < -0.3 is 25.0 Å². The minimum atomic E-state index is -1.20. The smallest absolute Gasteiger partial charge is 0.341 e. The number of hydrogen-bond acceptors (Lipinski definition) is 5. The molecule has 3 aromatic carbocycles. The van der Waals surface area contributed by atoms with E-state index in [-0.39, 0.29) is 17.0 Å². The zero-order valence-corrected chi connectivity index (χ0v) is 18.4. The van der Waals surface area contributed by atoms with Crippen LogP contribution in [0.2, 0.25) is 0 Å². The van der Waals surface area contributed by atoms with E-state index in [1.807, 2.05) is 18.2 Å². The van der Waals surface area contributed by atoms with Gasteiger partial charge in [-0.05, 0) is 67.3 Å². The molecule has 0 atom stereocenters. The summed E-state index contributed by atoms with van der Waals surface area (Å²) >= 11 is 0. The molecule has 34 heavy (non-hydrogen) atoms. The number of amides is 1. The van der Waals surface area contributed by atoms with Gasteiger partial charge in [-0.15, -0.1) is 0 Å². The Hall–Kier alpha value is -4.33. The number of unbranched alkanes of at least 4 members (excludes halogenated alkanes) is 1. The first-order valence-electron chi connectivity index (χ1n) is 10.7. The summed E-state index contributed by atoms with van der Waals surface area (Å²) in [5.41, 5.74) is 1.60. The fraction of sp³-hybridized carbons (Fsp3) is 0.192. The Kier molecular flexibility index (Phi) is 8.62. The van der Waals surface area contributed by atoms with Gasteiger partial charge >= 0.3 is 11.9 Å². The van der Waals surface area contributed by atoms with Crippen LogP contribution in [-0.4, -0.2) is 41.3 Å². The van der Waals surface area contributed by atoms with Gasteiger partial charge in [0.2, 0.25) is 0 Å². The SMILES string of the molecule is O=C(O)COc1ccc(C(=O)O)cc1NC(=O)c1ccc(OCCCCc2ccccc2)cc1. The number of anilines is 1. The fourth-order valence-electron chi connectivity index (χ4n) is 3.19. The molecular weight excluding hydrogens is 438 g/mol. The van der Waals surface area contributed by atoms with E-state index in [2.05, 4.69) is 17.4 Å². The Morgan fingerprint density at radius 2 is 1.50 bits per heavy atom. The van der Waals surface area contributed by atoms with Crippen LogP contribution >= 0.6 is 0 Å². The van der Waals surface area contributed by atoms with Crippen LogP contribution in [0.5, 0.6) is 11.5 Å². The molecule has 0 aliphatic carbocycles. The topological polar surface area (TPSA) is 122 Å². The molecule has 0 fully saturated rings. The minimum absolute atomic E-state index is 0.0520. The van der Waals surface area contributed by atoms with Gasteiger partial charge in [-0.2, -0.15) is 0 Å². The van der Waals surface area contributed by atoms with Crippen molar-refractivity contribution in [3.8, 4) is 11.5 Å². The zero-order valence-electron chi connectivity index (χ0n) is 18.4. The lowest BCUT2D eigenvalue weighted by Gasteiger charge is -2.13. The van der Waals surface area contributed by atoms with Gasteiger partial charge in [0.25, 0.3) is 5.91 Å². The maximum atomic E-state index is 12.7. The molecule has 1 amide bonds. The first-order valence-corrected chi connectivity index (χ1v) is 10.7. The molecule has 0 saturated carbocycles. The van der Waals surface area contributed by atoms with Crippen molar-refractivity contribution in [2.24, 2.45) is 0 Å². The minimum Gasteiger partial charge on any atom is -0.494 e. The first-order chi connectivity index (χ1) is 16.4. The number of aliphatic carboxylic acids is 1. The Morgan fingerprint density at radius 1 is 0.794 bits per heavy atom. The standard InChI is InChI=1S/C26H25NO7/c28-24(29)17-34-23-14-11-20(26(31)32)16-22(23)27-25(30)19-9-12-21(13-10-19)33-15-5-4-8-18-6-2-1-3-7-18/h1-3,6-7,9-14,16H,4-5,8,15,17H2,(H,27,30)(H,28,29)(H,31,32). The Labute approximate surface area is 196 Å². The second-order valence-corrected chi connectivity index (χ2v) is 7.47. The third-order valence-electron chi connectivity index (χ3n) is 4.91. The van der Waals surface area contributed by atoms with Gasteiger partial charge in [-0.1, -0.05) is 30.3 Å². The van der Waals surface area contributed by atoms with Crippen LogP contribution in [0.25, 0.3) is 0 Å². The molecule has 176 valence electrons. The number of hydrogen-bond donors (Lipinski definition) is 3. The van der Waals surface area contributed by atoms with E-state index in [0.29, 0.717) is 17.9 Å². The molecule has 8 nitrogen and oxygen atoms in total. The molecule has 0 heterocycles. The maximum absolute atomic E-state index is 12.7. The number of carbonyl (C=O) groups is 3. The molecule has 0 aliphatic rings. The van der Waals surface area contributed by atoms with Gasteiger partial charge in [0, 0.05) is 5.56 Å². The van der Waals surface area contributed by atoms with Gasteiger partial charge in [0.1, 0.15) is 11.5 Å². The lowest BCUT2D eigenvalue weighted by Crippen LogP contribution is -2.15. The van der Waals surface area contributed by atoms with Crippen LogP contribution in [0.1, 0.15) is 39.1 Å². The van der Waals surface area contributed by atoms with Crippen LogP contribution in [0.3, 0.4) is 0 Å². The normalized spacial score (nSPS) is 10.4. The average Bonchev–Trinajstić information content (AvgIpc) is 2.84. The van der Waals surface area contributed by atoms with Crippen LogP contribution in [-0.2, 0) is 11.2 Å². The average molecular weight is 463 g/mol. The lowest BCUT2D eigenvalue weighted by atomic mass is 10.1. The molecule has 3 aromatic rings. The summed E-state index contributed by atoms with van der Waals surface area (Å²) in [6.07, 6.45) is 2.90. The maximum Gasteiger partial charge on any atom is 0.341 e. The Balaban J connectivity index is 1.55. The summed E-state index contributed by atoms with van der Waals surface area (Å²) in [6, 6.07) is 20.6. The monoisotopic (exact) mass is 463 g/mol. The summed E-state index contributed by atoms with van der Waals surface area (Å²) < 4.78 is 10.9. The van der Waals surface area contributed by atoms with Crippen molar-refractivity contribution < 1.29 is 34.1 Å². The van der Waals surface area contributed by atoms with Crippen molar-refractivity contribution in [1.82, 2.24) is 0 Å². The number of benzene rings is 3. The van der Waals surface area contributed by atoms with Crippen molar-refractivity contribution in [1.29, 1.82) is 0 Å². The van der Waals surface area contributed by atoms with E-state index in [4.69, 9.17) is 14.6 Å². The van der Waals surface area contributed by atoms with Crippen molar-refractivity contribution >= 4 is 23.5 Å². The van der Waals surface area contributed by atoms with Gasteiger partial charge in [0.05, 0.1) is 17.9 Å². The number of aryl methyl sites for hydroxylation is 1. The van der Waals surface area contributed by atoms with Crippen LogP contribution in [0, 0.1) is 0 Å².